The van der Waals surface area contributed by atoms with E-state index in [1.807, 2.05) is 7.05 Å². The van der Waals surface area contributed by atoms with Crippen molar-refractivity contribution in [2.24, 2.45) is 5.41 Å². The third-order valence-electron chi connectivity index (χ3n) is 3.64. The fourth-order valence-electron chi connectivity index (χ4n) is 2.78. The highest BCUT2D eigenvalue weighted by Crippen LogP contribution is 2.34. The molecule has 1 aromatic heterocycles. The Balaban J connectivity index is 2.16. The van der Waals surface area contributed by atoms with Gasteiger partial charge in [0.25, 0.3) is 0 Å². The molecule has 94 valence electrons. The van der Waals surface area contributed by atoms with Crippen molar-refractivity contribution in [1.82, 2.24) is 9.47 Å². The average Bonchev–Trinajstić information content (AvgIpc) is 2.66. The van der Waals surface area contributed by atoms with E-state index in [0.717, 1.165) is 32.3 Å². The van der Waals surface area contributed by atoms with E-state index in [0.29, 0.717) is 5.41 Å². The lowest BCUT2D eigenvalue weighted by atomic mass is 9.91. The number of aryl methyl sites for hydroxylation is 1. The van der Waals surface area contributed by atoms with E-state index in [1.165, 1.54) is 17.0 Å². The van der Waals surface area contributed by atoms with Gasteiger partial charge in [0, 0.05) is 37.9 Å². The highest BCUT2D eigenvalue weighted by Gasteiger charge is 2.30. The summed E-state index contributed by atoms with van der Waals surface area (Å²) in [4.78, 5) is 12.3. The summed E-state index contributed by atoms with van der Waals surface area (Å²) in [5.74, 6) is 0. The summed E-state index contributed by atoms with van der Waals surface area (Å²) in [6, 6.07) is 2.31. The summed E-state index contributed by atoms with van der Waals surface area (Å²) in [5, 5.41) is 0. The fourth-order valence-corrected chi connectivity index (χ4v) is 2.78. The van der Waals surface area contributed by atoms with Crippen LogP contribution in [0, 0.1) is 12.3 Å². The minimum atomic E-state index is 0.383. The van der Waals surface area contributed by atoms with Crippen molar-refractivity contribution in [3.05, 3.63) is 23.0 Å². The van der Waals surface area contributed by atoms with Crippen molar-refractivity contribution in [2.45, 2.75) is 40.2 Å². The van der Waals surface area contributed by atoms with Crippen LogP contribution in [-0.2, 0) is 24.2 Å². The highest BCUT2D eigenvalue weighted by molar-refractivity contribution is 5.46. The summed E-state index contributed by atoms with van der Waals surface area (Å²) in [7, 11) is 1.83. The van der Waals surface area contributed by atoms with Gasteiger partial charge >= 0.3 is 0 Å². The molecule has 0 bridgehead atoms. The van der Waals surface area contributed by atoms with E-state index in [-0.39, 0.29) is 0 Å². The Labute approximate surface area is 103 Å². The van der Waals surface area contributed by atoms with E-state index >= 15 is 0 Å². The molecule has 0 aliphatic carbocycles. The summed E-state index contributed by atoms with van der Waals surface area (Å²) in [6.07, 6.45) is 3.02. The molecule has 0 N–H and O–H groups in total. The fraction of sp³-hybridized carbons (Fsp3) is 0.643. The van der Waals surface area contributed by atoms with Crippen LogP contribution in [0.4, 0.5) is 0 Å². The largest absolute Gasteiger partial charge is 0.348 e. The second-order valence-corrected chi connectivity index (χ2v) is 6.03. The number of fused-ring (bicyclic) bond motifs is 1. The molecule has 1 amide bonds. The molecule has 17 heavy (non-hydrogen) atoms. The Kier molecular flexibility index (Phi) is 3.02. The van der Waals surface area contributed by atoms with Gasteiger partial charge in [0.2, 0.25) is 6.41 Å². The van der Waals surface area contributed by atoms with Gasteiger partial charge in [0.05, 0.1) is 0 Å². The molecule has 1 aromatic rings. The molecule has 3 nitrogen and oxygen atoms in total. The molecule has 0 aromatic carbocycles. The minimum Gasteiger partial charge on any atom is -0.348 e. The molecule has 3 heteroatoms. The van der Waals surface area contributed by atoms with Gasteiger partial charge in [0.1, 0.15) is 0 Å². The highest BCUT2D eigenvalue weighted by atomic mass is 16.1. The quantitative estimate of drug-likeness (QED) is 0.732. The first kappa shape index (κ1) is 12.2. The van der Waals surface area contributed by atoms with Crippen LogP contribution in [0.25, 0.3) is 0 Å². The standard InChI is InChI=1S/C14H22N2O/c1-11-7-12-8-14(2,3)9-16(12)13(11)5-6-15(4)10-17/h7,10H,5-6,8-9H2,1-4H3. The molecule has 1 aliphatic rings. The first-order chi connectivity index (χ1) is 7.93. The predicted octanol–water partition coefficient (Wildman–Crippen LogP) is 2.01. The number of rotatable bonds is 4. The zero-order valence-electron chi connectivity index (χ0n) is 11.3. The third-order valence-corrected chi connectivity index (χ3v) is 3.64. The predicted molar refractivity (Wildman–Crippen MR) is 69.1 cm³/mol. The molecule has 0 radical (unpaired) electrons. The van der Waals surface area contributed by atoms with Crippen LogP contribution in [0.5, 0.6) is 0 Å². The molecule has 0 saturated carbocycles. The van der Waals surface area contributed by atoms with Gasteiger partial charge in [-0.3, -0.25) is 4.79 Å². The number of likely N-dealkylation sites (N-methyl/N-ethyl adjacent to an activating group) is 1. The van der Waals surface area contributed by atoms with Crippen LogP contribution < -0.4 is 0 Å². The van der Waals surface area contributed by atoms with Gasteiger partial charge < -0.3 is 9.47 Å². The number of nitrogens with zero attached hydrogens (tertiary/aromatic N) is 2. The lowest BCUT2D eigenvalue weighted by molar-refractivity contribution is -0.116. The van der Waals surface area contributed by atoms with Crippen molar-refractivity contribution < 1.29 is 4.79 Å². The van der Waals surface area contributed by atoms with Crippen LogP contribution in [0.1, 0.15) is 30.8 Å². The SMILES string of the molecule is Cc1cc2n(c1CCN(C)C=O)CC(C)(C)C2. The van der Waals surface area contributed by atoms with Crippen LogP contribution in [0.15, 0.2) is 6.07 Å². The van der Waals surface area contributed by atoms with Gasteiger partial charge in [-0.15, -0.1) is 0 Å². The lowest BCUT2D eigenvalue weighted by Crippen LogP contribution is -2.21. The Morgan fingerprint density at radius 1 is 1.53 bits per heavy atom. The van der Waals surface area contributed by atoms with E-state index in [1.54, 1.807) is 4.90 Å². The summed E-state index contributed by atoms with van der Waals surface area (Å²) in [6.45, 7) is 8.71. The Morgan fingerprint density at radius 3 is 2.88 bits per heavy atom. The van der Waals surface area contributed by atoms with Crippen molar-refractivity contribution in [2.75, 3.05) is 13.6 Å². The van der Waals surface area contributed by atoms with E-state index in [4.69, 9.17) is 0 Å². The molecular formula is C14H22N2O. The molecule has 1 aliphatic heterocycles. The number of aromatic nitrogens is 1. The van der Waals surface area contributed by atoms with Crippen molar-refractivity contribution >= 4 is 6.41 Å². The average molecular weight is 234 g/mol. The molecule has 0 spiro atoms. The first-order valence-corrected chi connectivity index (χ1v) is 6.26. The summed E-state index contributed by atoms with van der Waals surface area (Å²) >= 11 is 0. The molecule has 0 saturated heterocycles. The second kappa shape index (κ2) is 4.21. The zero-order valence-corrected chi connectivity index (χ0v) is 11.3. The normalized spacial score (nSPS) is 16.9. The molecule has 0 atom stereocenters. The maximum absolute atomic E-state index is 10.6. The van der Waals surface area contributed by atoms with E-state index in [2.05, 4.69) is 31.4 Å². The molecule has 2 rings (SSSR count). The number of hydrogen-bond acceptors (Lipinski definition) is 1. The van der Waals surface area contributed by atoms with Gasteiger partial charge in [-0.25, -0.2) is 0 Å². The number of hydrogen-bond donors (Lipinski definition) is 0. The smallest absolute Gasteiger partial charge is 0.209 e. The van der Waals surface area contributed by atoms with Gasteiger partial charge in [-0.2, -0.15) is 0 Å². The maximum Gasteiger partial charge on any atom is 0.209 e. The number of amides is 1. The van der Waals surface area contributed by atoms with Crippen molar-refractivity contribution in [3.63, 3.8) is 0 Å². The lowest BCUT2D eigenvalue weighted by Gasteiger charge is -2.18. The van der Waals surface area contributed by atoms with Crippen LogP contribution in [-0.4, -0.2) is 29.5 Å². The van der Waals surface area contributed by atoms with Gasteiger partial charge in [0.15, 0.2) is 0 Å². The summed E-state index contributed by atoms with van der Waals surface area (Å²) in [5.41, 5.74) is 4.61. The monoisotopic (exact) mass is 234 g/mol. The van der Waals surface area contributed by atoms with Gasteiger partial charge in [-0.05, 0) is 30.4 Å². The Morgan fingerprint density at radius 2 is 2.24 bits per heavy atom. The molecule has 0 fully saturated rings. The van der Waals surface area contributed by atoms with E-state index in [9.17, 15) is 4.79 Å². The maximum atomic E-state index is 10.6. The van der Waals surface area contributed by atoms with Crippen molar-refractivity contribution in [3.8, 4) is 0 Å². The van der Waals surface area contributed by atoms with Crippen LogP contribution in [0.2, 0.25) is 0 Å². The number of carbonyl (C=O) groups excluding carboxylic acids is 1. The van der Waals surface area contributed by atoms with Crippen molar-refractivity contribution in [1.29, 1.82) is 0 Å². The molecular weight excluding hydrogens is 212 g/mol. The second-order valence-electron chi connectivity index (χ2n) is 6.03. The zero-order chi connectivity index (χ0) is 12.6. The number of carbonyl (C=O) groups is 1. The topological polar surface area (TPSA) is 25.2 Å². The minimum absolute atomic E-state index is 0.383. The van der Waals surface area contributed by atoms with E-state index < -0.39 is 0 Å². The van der Waals surface area contributed by atoms with Crippen LogP contribution >= 0.6 is 0 Å². The Hall–Kier alpha value is -1.25. The van der Waals surface area contributed by atoms with Crippen LogP contribution in [0.3, 0.4) is 0 Å². The summed E-state index contributed by atoms with van der Waals surface area (Å²) < 4.78 is 2.45. The van der Waals surface area contributed by atoms with Gasteiger partial charge in [-0.1, -0.05) is 13.8 Å². The molecule has 0 unspecified atom stereocenters. The first-order valence-electron chi connectivity index (χ1n) is 6.26. The Bertz CT molecular complexity index is 432. The third kappa shape index (κ3) is 2.38. The molecule has 2 heterocycles.